The van der Waals surface area contributed by atoms with Gasteiger partial charge in [0.2, 0.25) is 0 Å². The van der Waals surface area contributed by atoms with Gasteiger partial charge in [-0.1, -0.05) is 11.6 Å². The Kier molecular flexibility index (Phi) is 2.03. The van der Waals surface area contributed by atoms with E-state index < -0.39 is 0 Å². The molecule has 0 bridgehead atoms. The van der Waals surface area contributed by atoms with E-state index in [9.17, 15) is 0 Å². The van der Waals surface area contributed by atoms with Crippen molar-refractivity contribution in [1.29, 1.82) is 0 Å². The molecule has 1 aromatic carbocycles. The van der Waals surface area contributed by atoms with E-state index in [1.165, 1.54) is 6.42 Å². The summed E-state index contributed by atoms with van der Waals surface area (Å²) in [6.45, 7) is 0.650. The molecule has 0 aromatic heterocycles. The van der Waals surface area contributed by atoms with E-state index in [-0.39, 0.29) is 11.2 Å². The molecule has 1 aliphatic heterocycles. The molecule has 4 rings (SSSR count). The van der Waals surface area contributed by atoms with Crippen LogP contribution in [0.3, 0.4) is 0 Å². The molecule has 2 N–H and O–H groups in total. The molecule has 1 heterocycles. The Bertz CT molecular complexity index is 521. The van der Waals surface area contributed by atoms with E-state index in [2.05, 4.69) is 0 Å². The van der Waals surface area contributed by atoms with E-state index in [1.54, 1.807) is 0 Å². The quantitative estimate of drug-likeness (QED) is 0.894. The lowest BCUT2D eigenvalue weighted by molar-refractivity contribution is -0.138. The van der Waals surface area contributed by atoms with E-state index in [1.807, 2.05) is 12.1 Å². The molecular weight excluding hydrogens is 250 g/mol. The SMILES string of the molecule is NCC1(c2cc3c(cc2Cl)OC2(CCC2)O3)CC1. The van der Waals surface area contributed by atoms with Gasteiger partial charge in [-0.2, -0.15) is 0 Å². The Labute approximate surface area is 111 Å². The second-order valence-electron chi connectivity index (χ2n) is 5.73. The second kappa shape index (κ2) is 3.34. The summed E-state index contributed by atoms with van der Waals surface area (Å²) < 4.78 is 11.9. The van der Waals surface area contributed by atoms with Gasteiger partial charge in [-0.05, 0) is 30.9 Å². The standard InChI is InChI=1S/C14H16ClNO2/c15-10-7-12-11(17-14(18-12)2-1-3-14)6-9(10)13(8-16)4-5-13/h6-7H,1-5,8,16H2. The van der Waals surface area contributed by atoms with E-state index >= 15 is 0 Å². The molecule has 3 nitrogen and oxygen atoms in total. The highest BCUT2D eigenvalue weighted by molar-refractivity contribution is 6.31. The van der Waals surface area contributed by atoms with Crippen LogP contribution in [0.1, 0.15) is 37.7 Å². The maximum absolute atomic E-state index is 6.37. The normalized spacial score (nSPS) is 25.0. The van der Waals surface area contributed by atoms with Crippen molar-refractivity contribution in [3.05, 3.63) is 22.7 Å². The minimum absolute atomic E-state index is 0.0881. The average molecular weight is 266 g/mol. The number of hydrogen-bond donors (Lipinski definition) is 1. The zero-order valence-electron chi connectivity index (χ0n) is 10.2. The summed E-state index contributed by atoms with van der Waals surface area (Å²) in [5, 5.41) is 0.761. The van der Waals surface area contributed by atoms with Crippen molar-refractivity contribution in [2.75, 3.05) is 6.54 Å². The highest BCUT2D eigenvalue weighted by Gasteiger charge is 2.49. The van der Waals surface area contributed by atoms with Crippen molar-refractivity contribution in [3.8, 4) is 11.5 Å². The smallest absolute Gasteiger partial charge is 0.251 e. The third-order valence-corrected chi connectivity index (χ3v) is 4.87. The van der Waals surface area contributed by atoms with E-state index in [0.29, 0.717) is 6.54 Å². The third-order valence-electron chi connectivity index (χ3n) is 4.56. The number of halogens is 1. The molecule has 2 fully saturated rings. The number of rotatable bonds is 2. The maximum atomic E-state index is 6.37. The predicted octanol–water partition coefficient (Wildman–Crippen LogP) is 2.98. The fourth-order valence-corrected chi connectivity index (χ4v) is 3.28. The fourth-order valence-electron chi connectivity index (χ4n) is 2.93. The van der Waals surface area contributed by atoms with Gasteiger partial charge in [0, 0.05) is 35.9 Å². The molecule has 0 unspecified atom stereocenters. The number of fused-ring (bicyclic) bond motifs is 1. The van der Waals surface area contributed by atoms with Crippen LogP contribution in [-0.2, 0) is 5.41 Å². The van der Waals surface area contributed by atoms with Crippen molar-refractivity contribution in [2.45, 2.75) is 43.3 Å². The van der Waals surface area contributed by atoms with Crippen molar-refractivity contribution >= 4 is 11.6 Å². The van der Waals surface area contributed by atoms with Crippen LogP contribution in [0.25, 0.3) is 0 Å². The number of nitrogens with two attached hydrogens (primary N) is 1. The molecule has 0 amide bonds. The van der Waals surface area contributed by atoms with Crippen LogP contribution < -0.4 is 15.2 Å². The average Bonchev–Trinajstić information content (AvgIpc) is 3.01. The lowest BCUT2D eigenvalue weighted by Crippen LogP contribution is -2.45. The van der Waals surface area contributed by atoms with Crippen LogP contribution in [0.2, 0.25) is 5.02 Å². The molecule has 2 saturated carbocycles. The molecular formula is C14H16ClNO2. The lowest BCUT2D eigenvalue weighted by atomic mass is 9.91. The minimum Gasteiger partial charge on any atom is -0.448 e. The van der Waals surface area contributed by atoms with Gasteiger partial charge in [-0.25, -0.2) is 0 Å². The molecule has 96 valence electrons. The number of ether oxygens (including phenoxy) is 2. The van der Waals surface area contributed by atoms with Crippen LogP contribution >= 0.6 is 11.6 Å². The van der Waals surface area contributed by atoms with Crippen molar-refractivity contribution in [3.63, 3.8) is 0 Å². The van der Waals surface area contributed by atoms with Gasteiger partial charge in [-0.3, -0.25) is 0 Å². The molecule has 18 heavy (non-hydrogen) atoms. The molecule has 0 radical (unpaired) electrons. The van der Waals surface area contributed by atoms with Gasteiger partial charge in [0.1, 0.15) is 0 Å². The van der Waals surface area contributed by atoms with Gasteiger partial charge in [0.25, 0.3) is 5.79 Å². The minimum atomic E-state index is -0.385. The summed E-state index contributed by atoms with van der Waals surface area (Å²) in [6.07, 6.45) is 5.34. The first-order chi connectivity index (χ1) is 8.66. The fraction of sp³-hybridized carbons (Fsp3) is 0.571. The summed E-state index contributed by atoms with van der Waals surface area (Å²) in [6, 6.07) is 3.94. The molecule has 0 saturated heterocycles. The van der Waals surface area contributed by atoms with Gasteiger partial charge in [-0.15, -0.1) is 0 Å². The van der Waals surface area contributed by atoms with Gasteiger partial charge in [0.05, 0.1) is 0 Å². The molecule has 1 spiro atoms. The lowest BCUT2D eigenvalue weighted by Gasteiger charge is -2.35. The van der Waals surface area contributed by atoms with Crippen LogP contribution in [0.15, 0.2) is 12.1 Å². The summed E-state index contributed by atoms with van der Waals surface area (Å²) in [4.78, 5) is 0. The summed E-state index contributed by atoms with van der Waals surface area (Å²) in [7, 11) is 0. The summed E-state index contributed by atoms with van der Waals surface area (Å²) >= 11 is 6.37. The second-order valence-corrected chi connectivity index (χ2v) is 6.14. The van der Waals surface area contributed by atoms with Crippen LogP contribution in [-0.4, -0.2) is 12.3 Å². The van der Waals surface area contributed by atoms with Crippen molar-refractivity contribution < 1.29 is 9.47 Å². The van der Waals surface area contributed by atoms with E-state index in [0.717, 1.165) is 47.8 Å². The third kappa shape index (κ3) is 1.35. The first kappa shape index (κ1) is 10.9. The zero-order valence-corrected chi connectivity index (χ0v) is 10.9. The van der Waals surface area contributed by atoms with Crippen LogP contribution in [0.5, 0.6) is 11.5 Å². The molecule has 4 heteroatoms. The van der Waals surface area contributed by atoms with Crippen molar-refractivity contribution in [2.24, 2.45) is 5.73 Å². The highest BCUT2D eigenvalue weighted by Crippen LogP contribution is 2.55. The first-order valence-electron chi connectivity index (χ1n) is 6.59. The number of hydrogen-bond acceptors (Lipinski definition) is 3. The monoisotopic (exact) mass is 265 g/mol. The zero-order chi connectivity index (χ0) is 12.4. The van der Waals surface area contributed by atoms with Gasteiger partial charge in [0.15, 0.2) is 11.5 Å². The van der Waals surface area contributed by atoms with E-state index in [4.69, 9.17) is 26.8 Å². The van der Waals surface area contributed by atoms with Crippen LogP contribution in [0.4, 0.5) is 0 Å². The Hall–Kier alpha value is -0.930. The molecule has 1 aromatic rings. The van der Waals surface area contributed by atoms with Crippen LogP contribution in [0, 0.1) is 0 Å². The number of benzene rings is 1. The Balaban J connectivity index is 1.74. The largest absolute Gasteiger partial charge is 0.448 e. The molecule has 3 aliphatic rings. The molecule has 2 aliphatic carbocycles. The Morgan fingerprint density at radius 3 is 2.28 bits per heavy atom. The Morgan fingerprint density at radius 1 is 1.11 bits per heavy atom. The molecule has 0 atom stereocenters. The Morgan fingerprint density at radius 2 is 1.78 bits per heavy atom. The first-order valence-corrected chi connectivity index (χ1v) is 6.96. The topological polar surface area (TPSA) is 44.5 Å². The van der Waals surface area contributed by atoms with Crippen molar-refractivity contribution in [1.82, 2.24) is 0 Å². The summed E-state index contributed by atoms with van der Waals surface area (Å²) in [5.74, 6) is 1.24. The predicted molar refractivity (Wildman–Crippen MR) is 69.3 cm³/mol. The van der Waals surface area contributed by atoms with Gasteiger partial charge < -0.3 is 15.2 Å². The highest BCUT2D eigenvalue weighted by atomic mass is 35.5. The summed E-state index contributed by atoms with van der Waals surface area (Å²) in [5.41, 5.74) is 7.09. The maximum Gasteiger partial charge on any atom is 0.251 e. The van der Waals surface area contributed by atoms with Gasteiger partial charge >= 0.3 is 0 Å².